The molecule has 1 atom stereocenters. The monoisotopic (exact) mass is 275 g/mol. The summed E-state index contributed by atoms with van der Waals surface area (Å²) in [6.45, 7) is 4.93. The SMILES string of the molecule is CC(N)C(=O)NC1CCN(CCc2ccccc2)CC1. The van der Waals surface area contributed by atoms with E-state index in [0.29, 0.717) is 6.04 Å². The molecule has 0 aliphatic carbocycles. The number of piperidine rings is 1. The van der Waals surface area contributed by atoms with E-state index in [1.54, 1.807) is 6.92 Å². The first-order valence-electron chi connectivity index (χ1n) is 7.47. The molecule has 3 N–H and O–H groups in total. The van der Waals surface area contributed by atoms with Crippen LogP contribution in [0.15, 0.2) is 30.3 Å². The van der Waals surface area contributed by atoms with Gasteiger partial charge in [-0.05, 0) is 31.7 Å². The molecule has 0 saturated carbocycles. The van der Waals surface area contributed by atoms with E-state index in [-0.39, 0.29) is 5.91 Å². The Kier molecular flexibility index (Phi) is 5.56. The van der Waals surface area contributed by atoms with Gasteiger partial charge >= 0.3 is 0 Å². The van der Waals surface area contributed by atoms with Gasteiger partial charge in [-0.25, -0.2) is 0 Å². The van der Waals surface area contributed by atoms with Gasteiger partial charge in [0.05, 0.1) is 6.04 Å². The van der Waals surface area contributed by atoms with Crippen LogP contribution in [0.1, 0.15) is 25.3 Å². The lowest BCUT2D eigenvalue weighted by Gasteiger charge is -2.32. The molecule has 4 nitrogen and oxygen atoms in total. The topological polar surface area (TPSA) is 58.4 Å². The molecule has 1 aromatic rings. The number of likely N-dealkylation sites (tertiary alicyclic amines) is 1. The third-order valence-electron chi connectivity index (χ3n) is 3.91. The molecule has 1 heterocycles. The summed E-state index contributed by atoms with van der Waals surface area (Å²) < 4.78 is 0. The molecule has 0 aromatic heterocycles. The fourth-order valence-electron chi connectivity index (χ4n) is 2.57. The summed E-state index contributed by atoms with van der Waals surface area (Å²) in [5.74, 6) is -0.0345. The van der Waals surface area contributed by atoms with E-state index in [4.69, 9.17) is 5.73 Å². The van der Waals surface area contributed by atoms with Gasteiger partial charge in [0.25, 0.3) is 0 Å². The number of hydrogen-bond donors (Lipinski definition) is 2. The summed E-state index contributed by atoms with van der Waals surface area (Å²) in [5.41, 5.74) is 6.96. The second-order valence-electron chi connectivity index (χ2n) is 5.65. The number of rotatable bonds is 5. The van der Waals surface area contributed by atoms with E-state index in [1.807, 2.05) is 0 Å². The van der Waals surface area contributed by atoms with Crippen molar-refractivity contribution < 1.29 is 4.79 Å². The summed E-state index contributed by atoms with van der Waals surface area (Å²) in [6, 6.07) is 10.5. The predicted octanol–water partition coefficient (Wildman–Crippen LogP) is 1.16. The van der Waals surface area contributed by atoms with E-state index >= 15 is 0 Å². The van der Waals surface area contributed by atoms with Crippen molar-refractivity contribution in [3.63, 3.8) is 0 Å². The Labute approximate surface area is 121 Å². The average molecular weight is 275 g/mol. The minimum Gasteiger partial charge on any atom is -0.352 e. The smallest absolute Gasteiger partial charge is 0.236 e. The first-order valence-corrected chi connectivity index (χ1v) is 7.47. The standard InChI is InChI=1S/C16H25N3O/c1-13(17)16(20)18-15-8-11-19(12-9-15)10-7-14-5-3-2-4-6-14/h2-6,13,15H,7-12,17H2,1H3,(H,18,20). The van der Waals surface area contributed by atoms with Gasteiger partial charge < -0.3 is 16.0 Å². The third-order valence-corrected chi connectivity index (χ3v) is 3.91. The second kappa shape index (κ2) is 7.41. The van der Waals surface area contributed by atoms with E-state index in [9.17, 15) is 4.79 Å². The first-order chi connectivity index (χ1) is 9.65. The van der Waals surface area contributed by atoms with Crippen LogP contribution in [0.25, 0.3) is 0 Å². The van der Waals surface area contributed by atoms with Gasteiger partial charge in [0.15, 0.2) is 0 Å². The number of nitrogens with one attached hydrogen (secondary N) is 1. The second-order valence-corrected chi connectivity index (χ2v) is 5.65. The highest BCUT2D eigenvalue weighted by molar-refractivity contribution is 5.81. The van der Waals surface area contributed by atoms with Crippen molar-refractivity contribution in [1.29, 1.82) is 0 Å². The van der Waals surface area contributed by atoms with Crippen LogP contribution < -0.4 is 11.1 Å². The molecular formula is C16H25N3O. The molecule has 1 aromatic carbocycles. The maximum Gasteiger partial charge on any atom is 0.236 e. The van der Waals surface area contributed by atoms with Gasteiger partial charge in [0.1, 0.15) is 0 Å². The van der Waals surface area contributed by atoms with Crippen molar-refractivity contribution in [2.75, 3.05) is 19.6 Å². The maximum atomic E-state index is 11.6. The molecule has 1 aliphatic rings. The number of hydrogen-bond acceptors (Lipinski definition) is 3. The Morgan fingerprint density at radius 3 is 2.60 bits per heavy atom. The molecule has 1 unspecified atom stereocenters. The maximum absolute atomic E-state index is 11.6. The number of nitrogens with zero attached hydrogens (tertiary/aromatic N) is 1. The molecule has 0 spiro atoms. The van der Waals surface area contributed by atoms with Crippen LogP contribution in [0.3, 0.4) is 0 Å². The Hall–Kier alpha value is -1.39. The largest absolute Gasteiger partial charge is 0.352 e. The number of carbonyl (C=O) groups excluding carboxylic acids is 1. The van der Waals surface area contributed by atoms with Crippen LogP contribution in [-0.2, 0) is 11.2 Å². The van der Waals surface area contributed by atoms with E-state index < -0.39 is 6.04 Å². The van der Waals surface area contributed by atoms with Crippen molar-refractivity contribution in [2.45, 2.75) is 38.3 Å². The van der Waals surface area contributed by atoms with Crippen molar-refractivity contribution in [2.24, 2.45) is 5.73 Å². The molecule has 1 saturated heterocycles. The number of carbonyl (C=O) groups is 1. The Bertz CT molecular complexity index is 411. The minimum absolute atomic E-state index is 0.0345. The summed E-state index contributed by atoms with van der Waals surface area (Å²) in [7, 11) is 0. The lowest BCUT2D eigenvalue weighted by Crippen LogP contribution is -2.49. The summed E-state index contributed by atoms with van der Waals surface area (Å²) >= 11 is 0. The molecule has 110 valence electrons. The molecule has 0 bridgehead atoms. The quantitative estimate of drug-likeness (QED) is 0.848. The van der Waals surface area contributed by atoms with Crippen molar-refractivity contribution in [3.05, 3.63) is 35.9 Å². The van der Waals surface area contributed by atoms with Crippen molar-refractivity contribution >= 4 is 5.91 Å². The zero-order chi connectivity index (χ0) is 14.4. The lowest BCUT2D eigenvalue weighted by atomic mass is 10.0. The van der Waals surface area contributed by atoms with Gasteiger partial charge in [-0.3, -0.25) is 4.79 Å². The normalized spacial score (nSPS) is 18.7. The van der Waals surface area contributed by atoms with Crippen LogP contribution in [0, 0.1) is 0 Å². The molecule has 1 aliphatic heterocycles. The van der Waals surface area contributed by atoms with E-state index in [0.717, 1.165) is 38.9 Å². The minimum atomic E-state index is -0.411. The molecule has 20 heavy (non-hydrogen) atoms. The van der Waals surface area contributed by atoms with Gasteiger partial charge in [-0.2, -0.15) is 0 Å². The van der Waals surface area contributed by atoms with Gasteiger partial charge in [-0.1, -0.05) is 30.3 Å². The molecule has 4 heteroatoms. The highest BCUT2D eigenvalue weighted by Crippen LogP contribution is 2.11. The van der Waals surface area contributed by atoms with Gasteiger partial charge in [-0.15, -0.1) is 0 Å². The van der Waals surface area contributed by atoms with Gasteiger partial charge in [0.2, 0.25) is 5.91 Å². The van der Waals surface area contributed by atoms with Crippen molar-refractivity contribution in [3.8, 4) is 0 Å². The van der Waals surface area contributed by atoms with E-state index in [1.165, 1.54) is 5.56 Å². The van der Waals surface area contributed by atoms with Crippen LogP contribution in [0.2, 0.25) is 0 Å². The van der Waals surface area contributed by atoms with Crippen LogP contribution in [0.4, 0.5) is 0 Å². The van der Waals surface area contributed by atoms with E-state index in [2.05, 4.69) is 40.5 Å². The molecular weight excluding hydrogens is 250 g/mol. The highest BCUT2D eigenvalue weighted by atomic mass is 16.2. The fourth-order valence-corrected chi connectivity index (χ4v) is 2.57. The average Bonchev–Trinajstić information content (AvgIpc) is 2.47. The summed E-state index contributed by atoms with van der Waals surface area (Å²) in [4.78, 5) is 14.0. The predicted molar refractivity (Wildman–Crippen MR) is 81.4 cm³/mol. The zero-order valence-corrected chi connectivity index (χ0v) is 12.2. The summed E-state index contributed by atoms with van der Waals surface area (Å²) in [6.07, 6.45) is 3.14. The number of nitrogens with two attached hydrogens (primary N) is 1. The molecule has 1 fully saturated rings. The van der Waals surface area contributed by atoms with Crippen LogP contribution >= 0.6 is 0 Å². The van der Waals surface area contributed by atoms with Crippen molar-refractivity contribution in [1.82, 2.24) is 10.2 Å². The van der Waals surface area contributed by atoms with Crippen LogP contribution in [0.5, 0.6) is 0 Å². The Morgan fingerprint density at radius 2 is 2.00 bits per heavy atom. The molecule has 2 rings (SSSR count). The molecule has 0 radical (unpaired) electrons. The van der Waals surface area contributed by atoms with Gasteiger partial charge in [0, 0.05) is 25.7 Å². The molecule has 1 amide bonds. The Morgan fingerprint density at radius 1 is 1.35 bits per heavy atom. The van der Waals surface area contributed by atoms with Crippen LogP contribution in [-0.4, -0.2) is 42.5 Å². The number of amides is 1. The fraction of sp³-hybridized carbons (Fsp3) is 0.562. The highest BCUT2D eigenvalue weighted by Gasteiger charge is 2.21. The third kappa shape index (κ3) is 4.62. The zero-order valence-electron chi connectivity index (χ0n) is 12.2. The number of benzene rings is 1. The Balaban J connectivity index is 1.68. The lowest BCUT2D eigenvalue weighted by molar-refractivity contribution is -0.123. The summed E-state index contributed by atoms with van der Waals surface area (Å²) in [5, 5.41) is 3.02. The first kappa shape index (κ1) is 15.0.